The summed E-state index contributed by atoms with van der Waals surface area (Å²) in [4.78, 5) is 0. The van der Waals surface area contributed by atoms with Crippen LogP contribution in [-0.4, -0.2) is 7.32 Å². The molecule has 0 aromatic heterocycles. The second kappa shape index (κ2) is 22.7. The first kappa shape index (κ1) is 29.3. The Morgan fingerprint density at radius 1 is 0.750 bits per heavy atom. The molecule has 0 rings (SSSR count). The molecule has 24 valence electrons. The van der Waals surface area contributed by atoms with E-state index in [2.05, 4.69) is 0 Å². The van der Waals surface area contributed by atoms with E-state index >= 15 is 0 Å². The fraction of sp³-hybridized carbons (Fsp3) is 0. The van der Waals surface area contributed by atoms with Gasteiger partial charge in [-0.15, -0.1) is 0 Å². The van der Waals surface area contributed by atoms with Gasteiger partial charge < -0.3 is 15.1 Å². The van der Waals surface area contributed by atoms with Crippen LogP contribution in [0.5, 0.6) is 0 Å². The fourth-order valence-electron chi connectivity index (χ4n) is 0. The average molecular weight is 365 g/mol. The van der Waals surface area contributed by atoms with Crippen LogP contribution in [0.2, 0.25) is 0 Å². The van der Waals surface area contributed by atoms with E-state index in [0.717, 1.165) is 0 Å². The zero-order chi connectivity index (χ0) is 3.58. The second-order valence-corrected chi connectivity index (χ2v) is 0.289. The molecule has 0 atom stereocenters. The third-order valence-electron chi connectivity index (χ3n) is 0. The first-order valence-electron chi connectivity index (χ1n) is 0.707. The normalized spacial score (nSPS) is 3.38. The maximum Gasteiger partial charge on any atom is 3.00 e. The molecule has 0 saturated carbocycles. The van der Waals surface area contributed by atoms with Gasteiger partial charge in [-0.2, -0.15) is 0 Å². The van der Waals surface area contributed by atoms with E-state index in [1.54, 1.807) is 0 Å². The molecule has 3 nitrogen and oxygen atoms in total. The van der Waals surface area contributed by atoms with Crippen LogP contribution in [0.1, 0.15) is 0 Å². The summed E-state index contributed by atoms with van der Waals surface area (Å²) in [7, 11) is -2.92. The van der Waals surface area contributed by atoms with Crippen LogP contribution in [0.25, 0.3) is 0 Å². The minimum absolute atomic E-state index is 0. The van der Waals surface area contributed by atoms with E-state index < -0.39 is 7.32 Å². The minimum atomic E-state index is -2.92. The van der Waals surface area contributed by atoms with Crippen molar-refractivity contribution in [3.05, 3.63) is 0 Å². The monoisotopic (exact) mass is 365 g/mol. The number of hydrogen-bond acceptors (Lipinski definition) is 3. The van der Waals surface area contributed by atoms with Crippen LogP contribution in [0.3, 0.4) is 0 Å². The molecular formula is BKO3Y3+7. The van der Waals surface area contributed by atoms with Crippen LogP contribution < -0.4 is 66.5 Å². The van der Waals surface area contributed by atoms with Crippen LogP contribution in [0.15, 0.2) is 0 Å². The Morgan fingerprint density at radius 2 is 0.750 bits per heavy atom. The molecule has 0 spiro atoms. The van der Waals surface area contributed by atoms with E-state index in [-0.39, 0.29) is 150 Å². The Hall–Kier alpha value is 4.89. The molecule has 0 N–H and O–H groups in total. The van der Waals surface area contributed by atoms with Crippen LogP contribution in [-0.2, 0) is 98.1 Å². The summed E-state index contributed by atoms with van der Waals surface area (Å²) in [5, 5.41) is 25.2. The van der Waals surface area contributed by atoms with E-state index in [9.17, 15) is 0 Å². The predicted molar refractivity (Wildman–Crippen MR) is 5.75 cm³/mol. The summed E-state index contributed by atoms with van der Waals surface area (Å²) in [6.07, 6.45) is 0. The van der Waals surface area contributed by atoms with E-state index in [4.69, 9.17) is 15.1 Å². The zero-order valence-corrected chi connectivity index (χ0v) is 16.2. The smallest absolute Gasteiger partial charge is 0.907 e. The molecule has 8 heteroatoms. The Balaban J connectivity index is -0.00000000750. The SMILES string of the molecule is [K+].[O-]B([O-])[O-].[Y+3].[Y+3].[Y+3]. The van der Waals surface area contributed by atoms with Crippen molar-refractivity contribution in [2.45, 2.75) is 0 Å². The first-order valence-corrected chi connectivity index (χ1v) is 0.707. The van der Waals surface area contributed by atoms with Gasteiger partial charge in [0.1, 0.15) is 0 Å². The van der Waals surface area contributed by atoms with Crippen molar-refractivity contribution in [1.82, 2.24) is 0 Å². The van der Waals surface area contributed by atoms with Gasteiger partial charge in [0, 0.05) is 0 Å². The quantitative estimate of drug-likeness (QED) is 0.401. The Morgan fingerprint density at radius 3 is 0.750 bits per heavy atom. The van der Waals surface area contributed by atoms with Gasteiger partial charge in [0.15, 0.2) is 0 Å². The summed E-state index contributed by atoms with van der Waals surface area (Å²) in [5.74, 6) is 0. The number of rotatable bonds is 0. The maximum atomic E-state index is 8.42. The molecule has 0 heterocycles. The van der Waals surface area contributed by atoms with Crippen LogP contribution >= 0.6 is 0 Å². The molecule has 0 unspecified atom stereocenters. The summed E-state index contributed by atoms with van der Waals surface area (Å²) < 4.78 is 0. The molecule has 0 bridgehead atoms. The molecule has 0 aromatic carbocycles. The maximum absolute atomic E-state index is 8.42. The van der Waals surface area contributed by atoms with E-state index in [1.807, 2.05) is 0 Å². The molecule has 0 radical (unpaired) electrons. The van der Waals surface area contributed by atoms with Gasteiger partial charge in [0.25, 0.3) is 0 Å². The molecule has 0 aliphatic heterocycles. The van der Waals surface area contributed by atoms with Crippen molar-refractivity contribution in [2.75, 3.05) is 0 Å². The van der Waals surface area contributed by atoms with Crippen molar-refractivity contribution in [3.8, 4) is 0 Å². The molecular weight excluding hydrogens is 365 g/mol. The molecule has 0 aliphatic carbocycles. The Bertz CT molecular complexity index is 19.2. The van der Waals surface area contributed by atoms with Crippen molar-refractivity contribution < 1.29 is 165 Å². The van der Waals surface area contributed by atoms with Gasteiger partial charge in [0.2, 0.25) is 0 Å². The van der Waals surface area contributed by atoms with E-state index in [0.29, 0.717) is 0 Å². The second-order valence-electron chi connectivity index (χ2n) is 0.289. The molecule has 0 aromatic rings. The predicted octanol–water partition coefficient (Wildman–Crippen LogP) is -6.95. The number of hydrogen-bond donors (Lipinski definition) is 0. The minimum Gasteiger partial charge on any atom is -0.907 e. The molecule has 8 heavy (non-hydrogen) atoms. The van der Waals surface area contributed by atoms with Gasteiger partial charge in [-0.25, -0.2) is 0 Å². The first-order chi connectivity index (χ1) is 1.73. The fourth-order valence-corrected chi connectivity index (χ4v) is 0. The molecule has 0 saturated heterocycles. The van der Waals surface area contributed by atoms with Crippen LogP contribution in [0.4, 0.5) is 0 Å². The van der Waals surface area contributed by atoms with Crippen molar-refractivity contribution in [2.24, 2.45) is 0 Å². The summed E-state index contributed by atoms with van der Waals surface area (Å²) in [6.45, 7) is 0. The standard InChI is InChI=1S/BO3.K.3Y/c2-1(3)4;;;;/q-3;+1;3*+3. The summed E-state index contributed by atoms with van der Waals surface area (Å²) in [6, 6.07) is 0. The van der Waals surface area contributed by atoms with Crippen LogP contribution in [0, 0.1) is 0 Å². The summed E-state index contributed by atoms with van der Waals surface area (Å²) >= 11 is 0. The zero-order valence-electron chi connectivity index (χ0n) is 4.53. The van der Waals surface area contributed by atoms with Gasteiger partial charge >= 0.3 is 150 Å². The molecule has 0 aliphatic rings. The third-order valence-corrected chi connectivity index (χ3v) is 0. The van der Waals surface area contributed by atoms with Gasteiger partial charge in [0.05, 0.1) is 0 Å². The average Bonchev–Trinajstić information content (AvgIpc) is 0.811. The summed E-state index contributed by atoms with van der Waals surface area (Å²) in [5.41, 5.74) is 0. The van der Waals surface area contributed by atoms with E-state index in [1.165, 1.54) is 0 Å². The molecule has 0 amide bonds. The largest absolute Gasteiger partial charge is 3.00 e. The Labute approximate surface area is 167 Å². The topological polar surface area (TPSA) is 69.2 Å². The van der Waals surface area contributed by atoms with Gasteiger partial charge in [-0.1, -0.05) is 0 Å². The Kier molecular flexibility index (Phi) is 82.9. The van der Waals surface area contributed by atoms with Crippen molar-refractivity contribution in [1.29, 1.82) is 0 Å². The van der Waals surface area contributed by atoms with Crippen molar-refractivity contribution in [3.63, 3.8) is 0 Å². The van der Waals surface area contributed by atoms with Crippen molar-refractivity contribution >= 4 is 7.32 Å². The third kappa shape index (κ3) is 44.5. The van der Waals surface area contributed by atoms with Gasteiger partial charge in [-0.05, 0) is 0 Å². The molecule has 0 fully saturated rings. The van der Waals surface area contributed by atoms with Gasteiger partial charge in [-0.3, -0.25) is 7.32 Å².